The zero-order chi connectivity index (χ0) is 22.5. The maximum absolute atomic E-state index is 13.0. The summed E-state index contributed by atoms with van der Waals surface area (Å²) in [5.74, 6) is -0.480. The lowest BCUT2D eigenvalue weighted by Crippen LogP contribution is -2.30. The first kappa shape index (κ1) is 22.5. The van der Waals surface area contributed by atoms with Crippen LogP contribution in [0.3, 0.4) is 0 Å². The van der Waals surface area contributed by atoms with Crippen LogP contribution in [-0.4, -0.2) is 39.8 Å². The van der Waals surface area contributed by atoms with Crippen molar-refractivity contribution >= 4 is 17.4 Å². The minimum Gasteiger partial charge on any atom is -0.507 e. The smallest absolute Gasteiger partial charge is 0.295 e. The first-order valence-corrected chi connectivity index (χ1v) is 10.9. The Morgan fingerprint density at radius 2 is 1.87 bits per heavy atom. The Balaban J connectivity index is 2.15. The molecule has 2 heterocycles. The SMILES string of the molecule is CCCCN1C(=O)C(=O)/C(=C(\O)c2ccc(OCC)c(C(C)C)c2)C1c1ccncc1. The van der Waals surface area contributed by atoms with Crippen LogP contribution in [-0.2, 0) is 9.59 Å². The predicted molar refractivity (Wildman–Crippen MR) is 120 cm³/mol. The quantitative estimate of drug-likeness (QED) is 0.375. The number of likely N-dealkylation sites (tertiary alicyclic amines) is 1. The van der Waals surface area contributed by atoms with E-state index >= 15 is 0 Å². The number of pyridine rings is 1. The zero-order valence-electron chi connectivity index (χ0n) is 18.6. The fourth-order valence-corrected chi connectivity index (χ4v) is 3.92. The van der Waals surface area contributed by atoms with Crippen LogP contribution in [0.25, 0.3) is 5.76 Å². The third-order valence-electron chi connectivity index (χ3n) is 5.52. The lowest BCUT2D eigenvalue weighted by Gasteiger charge is -2.25. The van der Waals surface area contributed by atoms with Gasteiger partial charge in [-0.2, -0.15) is 0 Å². The molecule has 0 saturated carbocycles. The highest BCUT2D eigenvalue weighted by Gasteiger charge is 2.45. The number of aromatic nitrogens is 1. The number of ketones is 1. The number of nitrogens with zero attached hydrogens (tertiary/aromatic N) is 2. The van der Waals surface area contributed by atoms with Crippen LogP contribution in [0.2, 0.25) is 0 Å². The van der Waals surface area contributed by atoms with Crippen molar-refractivity contribution in [1.82, 2.24) is 9.88 Å². The van der Waals surface area contributed by atoms with Crippen LogP contribution in [0.5, 0.6) is 5.75 Å². The number of amides is 1. The maximum Gasteiger partial charge on any atom is 0.295 e. The van der Waals surface area contributed by atoms with E-state index in [4.69, 9.17) is 4.74 Å². The van der Waals surface area contributed by atoms with Crippen molar-refractivity contribution in [3.05, 3.63) is 65.0 Å². The molecule has 0 radical (unpaired) electrons. The third kappa shape index (κ3) is 4.48. The number of unbranched alkanes of at least 4 members (excludes halogenated alkanes) is 1. The summed E-state index contributed by atoms with van der Waals surface area (Å²) in [6.45, 7) is 9.03. The third-order valence-corrected chi connectivity index (χ3v) is 5.52. The number of carbonyl (C=O) groups excluding carboxylic acids is 2. The molecule has 164 valence electrons. The van der Waals surface area contributed by atoms with Crippen molar-refractivity contribution in [3.8, 4) is 5.75 Å². The molecule has 1 saturated heterocycles. The summed E-state index contributed by atoms with van der Waals surface area (Å²) in [5, 5.41) is 11.2. The van der Waals surface area contributed by atoms with Gasteiger partial charge in [0, 0.05) is 24.5 Å². The summed E-state index contributed by atoms with van der Waals surface area (Å²) in [7, 11) is 0. The number of aliphatic hydroxyl groups excluding tert-OH is 1. The molecule has 0 aliphatic carbocycles. The number of rotatable bonds is 8. The summed E-state index contributed by atoms with van der Waals surface area (Å²) < 4.78 is 5.71. The molecule has 6 nitrogen and oxygen atoms in total. The molecule has 6 heteroatoms. The minimum atomic E-state index is -0.657. The highest BCUT2D eigenvalue weighted by Crippen LogP contribution is 2.40. The van der Waals surface area contributed by atoms with Crippen molar-refractivity contribution in [2.24, 2.45) is 0 Å². The fraction of sp³-hybridized carbons (Fsp3) is 0.400. The van der Waals surface area contributed by atoms with E-state index in [1.807, 2.05) is 39.8 Å². The maximum atomic E-state index is 13.0. The first-order valence-electron chi connectivity index (χ1n) is 10.9. The Morgan fingerprint density at radius 1 is 1.16 bits per heavy atom. The van der Waals surface area contributed by atoms with E-state index in [0.717, 1.165) is 29.7 Å². The molecule has 1 atom stereocenters. The highest BCUT2D eigenvalue weighted by atomic mass is 16.5. The van der Waals surface area contributed by atoms with E-state index in [1.165, 1.54) is 0 Å². The van der Waals surface area contributed by atoms with Crippen molar-refractivity contribution in [2.45, 2.75) is 52.5 Å². The largest absolute Gasteiger partial charge is 0.507 e. The number of aliphatic hydroxyl groups is 1. The van der Waals surface area contributed by atoms with Gasteiger partial charge in [-0.3, -0.25) is 14.6 Å². The van der Waals surface area contributed by atoms with Gasteiger partial charge in [0.05, 0.1) is 18.2 Å². The van der Waals surface area contributed by atoms with Gasteiger partial charge in [-0.15, -0.1) is 0 Å². The highest BCUT2D eigenvalue weighted by molar-refractivity contribution is 6.46. The van der Waals surface area contributed by atoms with Gasteiger partial charge in [0.1, 0.15) is 11.5 Å². The standard InChI is InChI=1S/C25H30N2O4/c1-5-7-14-27-22(17-10-12-26-13-11-17)21(24(29)25(27)30)23(28)18-8-9-20(31-6-2)19(15-18)16(3)4/h8-13,15-16,22,28H,5-7,14H2,1-4H3/b23-21-. The number of carbonyl (C=O) groups is 2. The van der Waals surface area contributed by atoms with Gasteiger partial charge < -0.3 is 14.7 Å². The predicted octanol–water partition coefficient (Wildman–Crippen LogP) is 4.83. The number of ether oxygens (including phenoxy) is 1. The Hall–Kier alpha value is -3.15. The molecule has 3 rings (SSSR count). The molecule has 2 aromatic rings. The van der Waals surface area contributed by atoms with Crippen LogP contribution in [0.4, 0.5) is 0 Å². The molecule has 1 aromatic heterocycles. The van der Waals surface area contributed by atoms with Gasteiger partial charge in [0.25, 0.3) is 11.7 Å². The summed E-state index contributed by atoms with van der Waals surface area (Å²) in [4.78, 5) is 31.5. The Labute approximate surface area is 183 Å². The second kappa shape index (κ2) is 9.77. The van der Waals surface area contributed by atoms with Crippen LogP contribution in [0, 0.1) is 0 Å². The van der Waals surface area contributed by atoms with Crippen LogP contribution in [0.1, 0.15) is 69.2 Å². The monoisotopic (exact) mass is 422 g/mol. The molecule has 1 aliphatic rings. The molecular formula is C25H30N2O4. The van der Waals surface area contributed by atoms with Gasteiger partial charge in [-0.1, -0.05) is 27.2 Å². The molecule has 1 aliphatic heterocycles. The molecule has 1 aromatic carbocycles. The second-order valence-corrected chi connectivity index (χ2v) is 7.97. The molecule has 31 heavy (non-hydrogen) atoms. The van der Waals surface area contributed by atoms with Crippen molar-refractivity contribution in [1.29, 1.82) is 0 Å². The van der Waals surface area contributed by atoms with Gasteiger partial charge in [0.15, 0.2) is 0 Å². The molecule has 1 amide bonds. The van der Waals surface area contributed by atoms with E-state index < -0.39 is 17.7 Å². The van der Waals surface area contributed by atoms with E-state index in [-0.39, 0.29) is 17.3 Å². The van der Waals surface area contributed by atoms with Crippen molar-refractivity contribution in [2.75, 3.05) is 13.2 Å². The number of hydrogen-bond acceptors (Lipinski definition) is 5. The summed E-state index contributed by atoms with van der Waals surface area (Å²) in [6, 6.07) is 8.30. The van der Waals surface area contributed by atoms with E-state index in [0.29, 0.717) is 18.7 Å². The van der Waals surface area contributed by atoms with Gasteiger partial charge in [-0.25, -0.2) is 0 Å². The van der Waals surface area contributed by atoms with Gasteiger partial charge >= 0.3 is 0 Å². The number of hydrogen-bond donors (Lipinski definition) is 1. The second-order valence-electron chi connectivity index (χ2n) is 7.97. The normalized spacial score (nSPS) is 18.1. The molecule has 0 spiro atoms. The minimum absolute atomic E-state index is 0.117. The lowest BCUT2D eigenvalue weighted by atomic mass is 9.93. The number of benzene rings is 1. The average Bonchev–Trinajstić information content (AvgIpc) is 3.02. The molecule has 1 unspecified atom stereocenters. The van der Waals surface area contributed by atoms with Crippen molar-refractivity contribution < 1.29 is 19.4 Å². The van der Waals surface area contributed by atoms with E-state index in [9.17, 15) is 14.7 Å². The zero-order valence-corrected chi connectivity index (χ0v) is 18.6. The molecular weight excluding hydrogens is 392 g/mol. The summed E-state index contributed by atoms with van der Waals surface area (Å²) in [5.41, 5.74) is 2.30. The Kier molecular flexibility index (Phi) is 7.10. The Bertz CT molecular complexity index is 982. The number of Topliss-reactive ketones (excluding diaryl/α,β-unsaturated/α-hetero) is 1. The molecule has 0 bridgehead atoms. The van der Waals surface area contributed by atoms with E-state index in [1.54, 1.807) is 35.5 Å². The summed E-state index contributed by atoms with van der Waals surface area (Å²) >= 11 is 0. The fourth-order valence-electron chi connectivity index (χ4n) is 3.92. The van der Waals surface area contributed by atoms with Crippen LogP contribution >= 0.6 is 0 Å². The topological polar surface area (TPSA) is 79.7 Å². The van der Waals surface area contributed by atoms with Crippen LogP contribution < -0.4 is 4.74 Å². The van der Waals surface area contributed by atoms with Gasteiger partial charge in [-0.05, 0) is 60.7 Å². The van der Waals surface area contributed by atoms with Crippen molar-refractivity contribution in [3.63, 3.8) is 0 Å². The molecule has 1 fully saturated rings. The molecule has 1 N–H and O–H groups in total. The van der Waals surface area contributed by atoms with Gasteiger partial charge in [0.2, 0.25) is 0 Å². The first-order chi connectivity index (χ1) is 14.9. The summed E-state index contributed by atoms with van der Waals surface area (Å²) in [6.07, 6.45) is 4.92. The average molecular weight is 423 g/mol. The Morgan fingerprint density at radius 3 is 2.48 bits per heavy atom. The lowest BCUT2D eigenvalue weighted by molar-refractivity contribution is -0.139. The van der Waals surface area contributed by atoms with E-state index in [2.05, 4.69) is 4.98 Å². The van der Waals surface area contributed by atoms with Crippen LogP contribution in [0.15, 0.2) is 48.3 Å².